The summed E-state index contributed by atoms with van der Waals surface area (Å²) in [6, 6.07) is 7.82. The highest BCUT2D eigenvalue weighted by Gasteiger charge is 2.71. The van der Waals surface area contributed by atoms with Gasteiger partial charge in [-0.2, -0.15) is 0 Å². The van der Waals surface area contributed by atoms with Crippen molar-refractivity contribution in [2.24, 2.45) is 5.73 Å². The number of nitrogens with two attached hydrogens (primary N) is 1. The molecule has 3 atom stereocenters. The average Bonchev–Trinajstić information content (AvgIpc) is 3.22. The largest absolute Gasteiger partial charge is 0.444 e. The number of amides is 1. The fraction of sp³-hybridized carbons (Fsp3) is 0.632. The molecular weight excluding hydrogens is 352 g/mol. The van der Waals surface area contributed by atoms with E-state index >= 15 is 0 Å². The number of sulfone groups is 1. The Morgan fingerprint density at radius 2 is 1.81 bits per heavy atom. The van der Waals surface area contributed by atoms with E-state index in [-0.39, 0.29) is 18.2 Å². The zero-order valence-corrected chi connectivity index (χ0v) is 17.0. The van der Waals surface area contributed by atoms with Gasteiger partial charge in [-0.1, -0.05) is 38.1 Å². The lowest BCUT2D eigenvalue weighted by atomic mass is 10.0. The minimum Gasteiger partial charge on any atom is -0.444 e. The van der Waals surface area contributed by atoms with E-state index in [0.717, 1.165) is 12.0 Å². The van der Waals surface area contributed by atoms with E-state index in [9.17, 15) is 13.2 Å². The second-order valence-electron chi connectivity index (χ2n) is 7.82. The smallest absolute Gasteiger partial charge is 0.408 e. The molecule has 1 aliphatic carbocycles. The van der Waals surface area contributed by atoms with Crippen molar-refractivity contribution < 1.29 is 17.9 Å². The third-order valence-electron chi connectivity index (χ3n) is 4.86. The molecule has 0 saturated heterocycles. The summed E-state index contributed by atoms with van der Waals surface area (Å²) in [6.45, 7) is 8.97. The van der Waals surface area contributed by atoms with E-state index in [2.05, 4.69) is 12.2 Å². The van der Waals surface area contributed by atoms with Crippen molar-refractivity contribution in [1.82, 2.24) is 5.32 Å². The number of hydrogen-bond donors (Lipinski definition) is 2. The van der Waals surface area contributed by atoms with Crippen molar-refractivity contribution in [3.05, 3.63) is 35.4 Å². The van der Waals surface area contributed by atoms with E-state index in [4.69, 9.17) is 10.5 Å². The lowest BCUT2D eigenvalue weighted by Crippen LogP contribution is -2.49. The third kappa shape index (κ3) is 4.04. The number of nitrogens with one attached hydrogen (secondary N) is 1. The highest BCUT2D eigenvalue weighted by molar-refractivity contribution is 7.92. The Kier molecular flexibility index (Phi) is 5.73. The van der Waals surface area contributed by atoms with Gasteiger partial charge in [0.05, 0.1) is 10.8 Å². The van der Waals surface area contributed by atoms with Crippen LogP contribution in [0.5, 0.6) is 0 Å². The Morgan fingerprint density at radius 3 is 2.23 bits per heavy atom. The van der Waals surface area contributed by atoms with Crippen LogP contribution < -0.4 is 11.1 Å². The number of carbonyl (C=O) groups is 1. The van der Waals surface area contributed by atoms with Gasteiger partial charge in [0.2, 0.25) is 0 Å². The van der Waals surface area contributed by atoms with Crippen LogP contribution in [0.3, 0.4) is 0 Å². The molecule has 3 N–H and O–H groups in total. The van der Waals surface area contributed by atoms with Gasteiger partial charge in [0, 0.05) is 18.2 Å². The van der Waals surface area contributed by atoms with Crippen LogP contribution in [0.15, 0.2) is 24.3 Å². The molecule has 1 aromatic carbocycles. The molecular formula is C19H30N2O4S. The van der Waals surface area contributed by atoms with Gasteiger partial charge in [-0.05, 0) is 38.3 Å². The summed E-state index contributed by atoms with van der Waals surface area (Å²) >= 11 is 0. The van der Waals surface area contributed by atoms with Crippen LogP contribution in [0.4, 0.5) is 4.79 Å². The van der Waals surface area contributed by atoms with Crippen molar-refractivity contribution in [2.45, 2.75) is 63.3 Å². The molecule has 0 spiro atoms. The van der Waals surface area contributed by atoms with Crippen LogP contribution in [0.1, 0.15) is 51.7 Å². The van der Waals surface area contributed by atoms with Gasteiger partial charge >= 0.3 is 6.09 Å². The number of hydrogen-bond acceptors (Lipinski definition) is 5. The van der Waals surface area contributed by atoms with Crippen molar-refractivity contribution in [3.8, 4) is 0 Å². The lowest BCUT2D eigenvalue weighted by molar-refractivity contribution is 0.0497. The average molecular weight is 383 g/mol. The second-order valence-corrected chi connectivity index (χ2v) is 10.2. The van der Waals surface area contributed by atoms with E-state index < -0.39 is 32.3 Å². The Bertz CT molecular complexity index is 753. The molecule has 1 saturated carbocycles. The molecule has 0 aliphatic heterocycles. The van der Waals surface area contributed by atoms with E-state index in [1.807, 2.05) is 24.3 Å². The molecule has 1 aromatic rings. The van der Waals surface area contributed by atoms with Gasteiger partial charge in [-0.25, -0.2) is 13.2 Å². The standard InChI is InChI=1S/C19H30N2O4S/c1-6-13-8-10-14(11-9-13)15-16(26(23,24)7-2)19(15,12-20)21-17(22)25-18(3,4)5/h8-11,15-16H,6-7,12,20H2,1-5H3,(H,21,22)/t15-,16+,19-/m0/s1. The fourth-order valence-electron chi connectivity index (χ4n) is 3.48. The Labute approximate surface area is 156 Å². The molecule has 0 heterocycles. The third-order valence-corrected chi connectivity index (χ3v) is 7.14. The first-order valence-electron chi connectivity index (χ1n) is 9.02. The van der Waals surface area contributed by atoms with Crippen LogP contribution in [0.25, 0.3) is 0 Å². The predicted octanol–water partition coefficient (Wildman–Crippen LogP) is 2.37. The van der Waals surface area contributed by atoms with Crippen molar-refractivity contribution in [3.63, 3.8) is 0 Å². The quantitative estimate of drug-likeness (QED) is 0.787. The number of aryl methyl sites for hydroxylation is 1. The zero-order valence-electron chi connectivity index (χ0n) is 16.2. The number of alkyl carbamates (subject to hydrolysis) is 1. The van der Waals surface area contributed by atoms with Gasteiger partial charge in [0.15, 0.2) is 9.84 Å². The Morgan fingerprint density at radius 1 is 1.23 bits per heavy atom. The normalized spacial score (nSPS) is 25.6. The summed E-state index contributed by atoms with van der Waals surface area (Å²) in [5.41, 5.74) is 6.30. The van der Waals surface area contributed by atoms with E-state index in [0.29, 0.717) is 0 Å². The second kappa shape index (κ2) is 7.19. The molecule has 0 radical (unpaired) electrons. The molecule has 1 amide bonds. The molecule has 146 valence electrons. The number of benzene rings is 1. The van der Waals surface area contributed by atoms with Gasteiger partial charge in [0.1, 0.15) is 5.60 Å². The van der Waals surface area contributed by atoms with Crippen LogP contribution in [0.2, 0.25) is 0 Å². The van der Waals surface area contributed by atoms with Gasteiger partial charge in [-0.15, -0.1) is 0 Å². The highest BCUT2D eigenvalue weighted by Crippen LogP contribution is 2.55. The van der Waals surface area contributed by atoms with Crippen LogP contribution in [-0.2, 0) is 21.0 Å². The minimum absolute atomic E-state index is 0.00103. The van der Waals surface area contributed by atoms with E-state index in [1.165, 1.54) is 5.56 Å². The monoisotopic (exact) mass is 382 g/mol. The summed E-state index contributed by atoms with van der Waals surface area (Å²) in [5.74, 6) is -0.380. The first kappa shape index (κ1) is 20.7. The minimum atomic E-state index is -3.40. The Balaban J connectivity index is 2.38. The number of carbonyl (C=O) groups excluding carboxylic acids is 1. The first-order valence-corrected chi connectivity index (χ1v) is 10.7. The van der Waals surface area contributed by atoms with Crippen molar-refractivity contribution >= 4 is 15.9 Å². The molecule has 0 unspecified atom stereocenters. The van der Waals surface area contributed by atoms with E-state index in [1.54, 1.807) is 27.7 Å². The summed E-state index contributed by atoms with van der Waals surface area (Å²) in [7, 11) is -3.40. The van der Waals surface area contributed by atoms with Gasteiger partial charge < -0.3 is 15.8 Å². The first-order chi connectivity index (χ1) is 12.0. The maximum Gasteiger partial charge on any atom is 0.408 e. The molecule has 0 bridgehead atoms. The molecule has 1 aliphatic rings. The molecule has 7 heteroatoms. The zero-order chi connectivity index (χ0) is 19.8. The van der Waals surface area contributed by atoms with Crippen LogP contribution >= 0.6 is 0 Å². The summed E-state index contributed by atoms with van der Waals surface area (Å²) in [4.78, 5) is 12.3. The fourth-order valence-corrected chi connectivity index (χ4v) is 5.52. The maximum absolute atomic E-state index is 12.7. The molecule has 26 heavy (non-hydrogen) atoms. The molecule has 1 fully saturated rings. The summed E-state index contributed by atoms with van der Waals surface area (Å²) in [6.07, 6.45) is 0.256. The van der Waals surface area contributed by atoms with Gasteiger partial charge in [-0.3, -0.25) is 0 Å². The van der Waals surface area contributed by atoms with Crippen molar-refractivity contribution in [1.29, 1.82) is 0 Å². The molecule has 2 rings (SSSR count). The molecule has 6 nitrogen and oxygen atoms in total. The predicted molar refractivity (Wildman–Crippen MR) is 103 cm³/mol. The summed E-state index contributed by atoms with van der Waals surface area (Å²) in [5, 5.41) is 2.03. The SMILES string of the molecule is CCc1ccc([C@H]2[C@@H](S(=O)(=O)CC)[C@@]2(CN)NC(=O)OC(C)(C)C)cc1. The summed E-state index contributed by atoms with van der Waals surface area (Å²) < 4.78 is 30.7. The maximum atomic E-state index is 12.7. The lowest BCUT2D eigenvalue weighted by Gasteiger charge is -2.24. The van der Waals surface area contributed by atoms with Crippen LogP contribution in [0, 0.1) is 0 Å². The highest BCUT2D eigenvalue weighted by atomic mass is 32.2. The number of rotatable bonds is 6. The number of ether oxygens (including phenoxy) is 1. The molecule has 0 aromatic heterocycles. The van der Waals surface area contributed by atoms with Gasteiger partial charge in [0.25, 0.3) is 0 Å². The van der Waals surface area contributed by atoms with Crippen LogP contribution in [-0.4, -0.2) is 43.2 Å². The van der Waals surface area contributed by atoms with Crippen molar-refractivity contribution in [2.75, 3.05) is 12.3 Å². The Hall–Kier alpha value is -1.60. The topological polar surface area (TPSA) is 98.5 Å².